The van der Waals surface area contributed by atoms with Crippen LogP contribution in [0.3, 0.4) is 0 Å². The Balaban J connectivity index is 1.95. The van der Waals surface area contributed by atoms with Crippen LogP contribution in [0, 0.1) is 0 Å². The van der Waals surface area contributed by atoms with Gasteiger partial charge in [-0.05, 0) is 18.6 Å². The highest BCUT2D eigenvalue weighted by molar-refractivity contribution is 7.88. The average molecular weight is 344 g/mol. The standard InChI is InChI=1S/C14H20N2O6S/c1-20-7-3-6-16(23(2,18)19)9-14(17)15-11-4-5-12-13(8-11)22-10-21-12/h4-5,8H,3,6-7,9-10H2,1-2H3,(H,15,17). The zero-order valence-corrected chi connectivity index (χ0v) is 13.9. The summed E-state index contributed by atoms with van der Waals surface area (Å²) in [6.45, 7) is 0.544. The van der Waals surface area contributed by atoms with Gasteiger partial charge >= 0.3 is 0 Å². The summed E-state index contributed by atoms with van der Waals surface area (Å²) in [5.74, 6) is 0.731. The van der Waals surface area contributed by atoms with Crippen molar-refractivity contribution in [2.75, 3.05) is 45.2 Å². The summed E-state index contributed by atoms with van der Waals surface area (Å²) in [5, 5.41) is 2.65. The number of ether oxygens (including phenoxy) is 3. The van der Waals surface area contributed by atoms with E-state index in [4.69, 9.17) is 14.2 Å². The van der Waals surface area contributed by atoms with E-state index in [9.17, 15) is 13.2 Å². The van der Waals surface area contributed by atoms with Gasteiger partial charge in [-0.3, -0.25) is 4.79 Å². The minimum atomic E-state index is -3.47. The van der Waals surface area contributed by atoms with Crippen LogP contribution < -0.4 is 14.8 Å². The third-order valence-electron chi connectivity index (χ3n) is 3.20. The molecule has 0 bridgehead atoms. The van der Waals surface area contributed by atoms with Crippen molar-refractivity contribution in [1.29, 1.82) is 0 Å². The summed E-state index contributed by atoms with van der Waals surface area (Å²) >= 11 is 0. The zero-order chi connectivity index (χ0) is 16.9. The second kappa shape index (κ2) is 7.62. The monoisotopic (exact) mass is 344 g/mol. The Morgan fingerprint density at radius 3 is 2.78 bits per heavy atom. The lowest BCUT2D eigenvalue weighted by atomic mass is 10.3. The van der Waals surface area contributed by atoms with E-state index in [1.807, 2.05) is 0 Å². The van der Waals surface area contributed by atoms with Crippen LogP contribution in [0.5, 0.6) is 11.5 Å². The lowest BCUT2D eigenvalue weighted by molar-refractivity contribution is -0.116. The van der Waals surface area contributed by atoms with E-state index in [1.165, 1.54) is 7.11 Å². The maximum atomic E-state index is 12.1. The Hall–Kier alpha value is -1.84. The van der Waals surface area contributed by atoms with Crippen molar-refractivity contribution in [2.24, 2.45) is 0 Å². The van der Waals surface area contributed by atoms with Gasteiger partial charge in [0.15, 0.2) is 11.5 Å². The fraction of sp³-hybridized carbons (Fsp3) is 0.500. The molecule has 2 rings (SSSR count). The van der Waals surface area contributed by atoms with Crippen LogP contribution >= 0.6 is 0 Å². The summed E-state index contributed by atoms with van der Waals surface area (Å²) in [7, 11) is -1.93. The molecule has 0 aliphatic carbocycles. The summed E-state index contributed by atoms with van der Waals surface area (Å²) < 4.78 is 39.9. The first kappa shape index (κ1) is 17.5. The van der Waals surface area contributed by atoms with Crippen molar-refractivity contribution in [3.63, 3.8) is 0 Å². The van der Waals surface area contributed by atoms with Crippen LogP contribution in [-0.2, 0) is 19.6 Å². The first-order valence-corrected chi connectivity index (χ1v) is 8.88. The molecule has 1 aromatic rings. The van der Waals surface area contributed by atoms with Gasteiger partial charge < -0.3 is 19.5 Å². The Kier molecular flexibility index (Phi) is 5.80. The highest BCUT2D eigenvalue weighted by Crippen LogP contribution is 2.34. The number of anilines is 1. The molecule has 0 unspecified atom stereocenters. The van der Waals surface area contributed by atoms with Crippen molar-refractivity contribution < 1.29 is 27.4 Å². The molecule has 0 atom stereocenters. The number of carbonyl (C=O) groups excluding carboxylic acids is 1. The van der Waals surface area contributed by atoms with Gasteiger partial charge in [-0.2, -0.15) is 4.31 Å². The first-order valence-electron chi connectivity index (χ1n) is 7.03. The SMILES string of the molecule is COCCCN(CC(=O)Nc1ccc2c(c1)OCO2)S(C)(=O)=O. The number of nitrogens with one attached hydrogen (secondary N) is 1. The number of rotatable bonds is 8. The van der Waals surface area contributed by atoms with Gasteiger partial charge in [-0.15, -0.1) is 0 Å². The number of carbonyl (C=O) groups is 1. The smallest absolute Gasteiger partial charge is 0.239 e. The maximum Gasteiger partial charge on any atom is 0.239 e. The largest absolute Gasteiger partial charge is 0.454 e. The van der Waals surface area contributed by atoms with Gasteiger partial charge in [-0.25, -0.2) is 8.42 Å². The number of fused-ring (bicyclic) bond motifs is 1. The van der Waals surface area contributed by atoms with E-state index < -0.39 is 15.9 Å². The van der Waals surface area contributed by atoms with Crippen molar-refractivity contribution in [3.8, 4) is 11.5 Å². The third kappa shape index (κ3) is 5.08. The molecule has 1 amide bonds. The van der Waals surface area contributed by atoms with Crippen LogP contribution in [-0.4, -0.2) is 58.5 Å². The summed E-state index contributed by atoms with van der Waals surface area (Å²) in [6, 6.07) is 4.99. The van der Waals surface area contributed by atoms with Crippen LogP contribution in [0.2, 0.25) is 0 Å². The Morgan fingerprint density at radius 1 is 1.35 bits per heavy atom. The molecule has 0 fully saturated rings. The van der Waals surface area contributed by atoms with Crippen LogP contribution in [0.25, 0.3) is 0 Å². The molecule has 9 heteroatoms. The van der Waals surface area contributed by atoms with Gasteiger partial charge in [0, 0.05) is 32.0 Å². The fourth-order valence-corrected chi connectivity index (χ4v) is 2.89. The molecule has 23 heavy (non-hydrogen) atoms. The Morgan fingerprint density at radius 2 is 2.09 bits per heavy atom. The third-order valence-corrected chi connectivity index (χ3v) is 4.45. The fourth-order valence-electron chi connectivity index (χ4n) is 2.08. The van der Waals surface area contributed by atoms with E-state index in [0.717, 1.165) is 10.6 Å². The number of benzene rings is 1. The van der Waals surface area contributed by atoms with Crippen molar-refractivity contribution in [1.82, 2.24) is 4.31 Å². The molecule has 1 aliphatic rings. The average Bonchev–Trinajstić information content (AvgIpc) is 2.93. The van der Waals surface area contributed by atoms with Gasteiger partial charge in [0.05, 0.1) is 12.8 Å². The number of nitrogens with zero attached hydrogens (tertiary/aromatic N) is 1. The highest BCUT2D eigenvalue weighted by atomic mass is 32.2. The number of hydrogen-bond acceptors (Lipinski definition) is 6. The highest BCUT2D eigenvalue weighted by Gasteiger charge is 2.20. The summed E-state index contributed by atoms with van der Waals surface area (Å²) in [5.41, 5.74) is 0.518. The van der Waals surface area contributed by atoms with Crippen LogP contribution in [0.4, 0.5) is 5.69 Å². The van der Waals surface area contributed by atoms with Gasteiger partial charge in [0.25, 0.3) is 0 Å². The Labute approximate surface area is 135 Å². The number of amides is 1. The lowest BCUT2D eigenvalue weighted by Crippen LogP contribution is -2.38. The van der Waals surface area contributed by atoms with E-state index in [2.05, 4.69) is 5.32 Å². The molecule has 0 aromatic heterocycles. The molecule has 0 saturated heterocycles. The van der Waals surface area contributed by atoms with E-state index in [-0.39, 0.29) is 19.9 Å². The molecule has 1 aromatic carbocycles. The topological polar surface area (TPSA) is 94.2 Å². The molecule has 0 saturated carbocycles. The maximum absolute atomic E-state index is 12.1. The van der Waals surface area contributed by atoms with Crippen molar-refractivity contribution >= 4 is 21.6 Å². The van der Waals surface area contributed by atoms with Crippen LogP contribution in [0.15, 0.2) is 18.2 Å². The van der Waals surface area contributed by atoms with E-state index >= 15 is 0 Å². The van der Waals surface area contributed by atoms with E-state index in [1.54, 1.807) is 18.2 Å². The van der Waals surface area contributed by atoms with Gasteiger partial charge in [0.2, 0.25) is 22.7 Å². The number of methoxy groups -OCH3 is 1. The molecule has 8 nitrogen and oxygen atoms in total. The normalized spacial score (nSPS) is 13.3. The van der Waals surface area contributed by atoms with Gasteiger partial charge in [-0.1, -0.05) is 0 Å². The summed E-state index contributed by atoms with van der Waals surface area (Å²) in [6.07, 6.45) is 1.59. The molecule has 0 radical (unpaired) electrons. The van der Waals surface area contributed by atoms with Crippen molar-refractivity contribution in [2.45, 2.75) is 6.42 Å². The molecular formula is C14H20N2O6S. The quantitative estimate of drug-likeness (QED) is 0.696. The van der Waals surface area contributed by atoms with Crippen LogP contribution in [0.1, 0.15) is 6.42 Å². The molecule has 0 spiro atoms. The molecular weight excluding hydrogens is 324 g/mol. The minimum absolute atomic E-state index is 0.147. The first-order chi connectivity index (χ1) is 10.9. The Bertz CT molecular complexity index is 661. The van der Waals surface area contributed by atoms with Crippen molar-refractivity contribution in [3.05, 3.63) is 18.2 Å². The summed E-state index contributed by atoms with van der Waals surface area (Å²) in [4.78, 5) is 12.1. The van der Waals surface area contributed by atoms with Gasteiger partial charge in [0.1, 0.15) is 0 Å². The number of sulfonamides is 1. The zero-order valence-electron chi connectivity index (χ0n) is 13.1. The molecule has 1 heterocycles. The predicted molar refractivity (Wildman–Crippen MR) is 84.1 cm³/mol. The van der Waals surface area contributed by atoms with E-state index in [0.29, 0.717) is 30.2 Å². The second-order valence-corrected chi connectivity index (χ2v) is 7.04. The minimum Gasteiger partial charge on any atom is -0.454 e. The number of hydrogen-bond donors (Lipinski definition) is 1. The second-order valence-electron chi connectivity index (χ2n) is 5.06. The molecule has 128 valence electrons. The lowest BCUT2D eigenvalue weighted by Gasteiger charge is -2.19. The molecule has 1 N–H and O–H groups in total. The molecule has 1 aliphatic heterocycles. The predicted octanol–water partition coefficient (Wildman–Crippen LogP) is 0.652.